The zero-order valence-electron chi connectivity index (χ0n) is 12.3. The lowest BCUT2D eigenvalue weighted by Crippen LogP contribution is -2.37. The van der Waals surface area contributed by atoms with E-state index in [9.17, 15) is 9.59 Å². The van der Waals surface area contributed by atoms with Gasteiger partial charge in [0.15, 0.2) is 0 Å². The van der Waals surface area contributed by atoms with Gasteiger partial charge in [-0.05, 0) is 37.4 Å². The molecule has 0 saturated carbocycles. The van der Waals surface area contributed by atoms with E-state index in [2.05, 4.69) is 0 Å². The average molecular weight is 329 g/mol. The van der Waals surface area contributed by atoms with Gasteiger partial charge in [-0.15, -0.1) is 11.3 Å². The molecule has 1 aliphatic rings. The molecule has 0 spiro atoms. The first-order valence-corrected chi connectivity index (χ1v) is 8.68. The van der Waals surface area contributed by atoms with Gasteiger partial charge in [0.2, 0.25) is 0 Å². The van der Waals surface area contributed by atoms with E-state index in [0.29, 0.717) is 10.5 Å². The number of amides is 2. The molecule has 2 aromatic rings. The van der Waals surface area contributed by atoms with Gasteiger partial charge in [-0.3, -0.25) is 14.5 Å². The van der Waals surface area contributed by atoms with Crippen LogP contribution in [0.5, 0.6) is 0 Å². The Morgan fingerprint density at radius 3 is 2.32 bits per heavy atom. The molecule has 2 amide bonds. The molecule has 0 fully saturated rings. The first kappa shape index (κ1) is 15.1. The maximum Gasteiger partial charge on any atom is 0.268 e. The Hall–Kier alpha value is -1.85. The van der Waals surface area contributed by atoms with Crippen LogP contribution in [-0.4, -0.2) is 22.8 Å². The summed E-state index contributed by atoms with van der Waals surface area (Å²) in [6.45, 7) is 3.72. The highest BCUT2D eigenvalue weighted by Gasteiger charge is 2.41. The molecule has 0 aliphatic carbocycles. The second-order valence-electron chi connectivity index (χ2n) is 5.17. The molecule has 1 aromatic heterocycles. The van der Waals surface area contributed by atoms with E-state index in [4.69, 9.17) is 0 Å². The number of imide groups is 1. The minimum Gasteiger partial charge on any atom is -0.271 e. The summed E-state index contributed by atoms with van der Waals surface area (Å²) in [6.07, 6.45) is 0. The summed E-state index contributed by atoms with van der Waals surface area (Å²) in [6, 6.07) is 13.3. The molecule has 2 heterocycles. The average Bonchev–Trinajstić information content (AvgIpc) is 3.08. The van der Waals surface area contributed by atoms with E-state index in [-0.39, 0.29) is 17.9 Å². The van der Waals surface area contributed by atoms with E-state index in [1.54, 1.807) is 0 Å². The monoisotopic (exact) mass is 329 g/mol. The molecule has 0 N–H and O–H groups in total. The number of rotatable bonds is 4. The minimum atomic E-state index is -0.197. The third-order valence-corrected chi connectivity index (χ3v) is 5.30. The van der Waals surface area contributed by atoms with E-state index in [1.807, 2.05) is 61.7 Å². The largest absolute Gasteiger partial charge is 0.271 e. The van der Waals surface area contributed by atoms with Gasteiger partial charge in [-0.2, -0.15) is 0 Å². The van der Waals surface area contributed by atoms with E-state index in [1.165, 1.54) is 28.0 Å². The van der Waals surface area contributed by atoms with Crippen LogP contribution in [0.15, 0.2) is 57.6 Å². The van der Waals surface area contributed by atoms with Gasteiger partial charge >= 0.3 is 0 Å². The molecule has 112 valence electrons. The summed E-state index contributed by atoms with van der Waals surface area (Å²) in [5, 5.41) is 1.92. The van der Waals surface area contributed by atoms with Gasteiger partial charge in [0, 0.05) is 15.8 Å². The van der Waals surface area contributed by atoms with Gasteiger partial charge < -0.3 is 0 Å². The van der Waals surface area contributed by atoms with Gasteiger partial charge in [-0.25, -0.2) is 0 Å². The third kappa shape index (κ3) is 2.62. The number of thiophene rings is 1. The SMILES string of the molecule is CC(C)N1C(=O)C(Sc2ccccc2)=C(c2cccs2)C1=O. The molecule has 3 nitrogen and oxygen atoms in total. The van der Waals surface area contributed by atoms with Crippen LogP contribution in [0.3, 0.4) is 0 Å². The van der Waals surface area contributed by atoms with Crippen LogP contribution in [0.2, 0.25) is 0 Å². The van der Waals surface area contributed by atoms with E-state index in [0.717, 1.165) is 9.77 Å². The summed E-state index contributed by atoms with van der Waals surface area (Å²) in [5.41, 5.74) is 0.530. The molecule has 0 bridgehead atoms. The van der Waals surface area contributed by atoms with Crippen molar-refractivity contribution >= 4 is 40.5 Å². The predicted octanol–water partition coefficient (Wildman–Crippen LogP) is 4.03. The fourth-order valence-corrected chi connectivity index (χ4v) is 4.18. The normalized spacial score (nSPS) is 15.3. The van der Waals surface area contributed by atoms with Crippen molar-refractivity contribution in [2.45, 2.75) is 24.8 Å². The minimum absolute atomic E-state index is 0.149. The number of benzene rings is 1. The van der Waals surface area contributed by atoms with Crippen LogP contribution in [0.1, 0.15) is 18.7 Å². The fourth-order valence-electron chi connectivity index (χ4n) is 2.33. The van der Waals surface area contributed by atoms with Gasteiger partial charge in [0.05, 0.1) is 10.5 Å². The summed E-state index contributed by atoms with van der Waals surface area (Å²) in [4.78, 5) is 29.1. The van der Waals surface area contributed by atoms with Gasteiger partial charge in [0.25, 0.3) is 11.8 Å². The van der Waals surface area contributed by atoms with Crippen LogP contribution < -0.4 is 0 Å². The lowest BCUT2D eigenvalue weighted by Gasteiger charge is -2.19. The van der Waals surface area contributed by atoms with Crippen molar-refractivity contribution < 1.29 is 9.59 Å². The Morgan fingerprint density at radius 2 is 1.73 bits per heavy atom. The molecule has 0 unspecified atom stereocenters. The zero-order chi connectivity index (χ0) is 15.7. The van der Waals surface area contributed by atoms with Crippen LogP contribution in [0.4, 0.5) is 0 Å². The second-order valence-corrected chi connectivity index (χ2v) is 7.20. The van der Waals surface area contributed by atoms with Crippen molar-refractivity contribution in [3.63, 3.8) is 0 Å². The fraction of sp³-hybridized carbons (Fsp3) is 0.176. The Bertz CT molecular complexity index is 733. The molecule has 0 saturated heterocycles. The maximum absolute atomic E-state index is 12.7. The topological polar surface area (TPSA) is 37.4 Å². The summed E-state index contributed by atoms with van der Waals surface area (Å²) >= 11 is 2.85. The standard InChI is InChI=1S/C17H15NO2S2/c1-11(2)18-16(19)14(13-9-6-10-21-13)15(17(18)20)22-12-7-4-3-5-8-12/h3-11H,1-2H3. The van der Waals surface area contributed by atoms with Crippen molar-refractivity contribution in [1.29, 1.82) is 0 Å². The molecule has 3 rings (SSSR count). The number of carbonyl (C=O) groups is 2. The first-order chi connectivity index (χ1) is 10.6. The summed E-state index contributed by atoms with van der Waals surface area (Å²) < 4.78 is 0. The number of thioether (sulfide) groups is 1. The molecular weight excluding hydrogens is 314 g/mol. The van der Waals surface area contributed by atoms with Crippen molar-refractivity contribution in [1.82, 2.24) is 4.90 Å². The molecular formula is C17H15NO2S2. The maximum atomic E-state index is 12.7. The zero-order valence-corrected chi connectivity index (χ0v) is 13.9. The van der Waals surface area contributed by atoms with Crippen LogP contribution in [0.25, 0.3) is 5.57 Å². The lowest BCUT2D eigenvalue weighted by atomic mass is 10.2. The molecule has 22 heavy (non-hydrogen) atoms. The highest BCUT2D eigenvalue weighted by molar-refractivity contribution is 8.04. The Kier molecular flexibility index (Phi) is 4.18. The summed E-state index contributed by atoms with van der Waals surface area (Å²) in [7, 11) is 0. The van der Waals surface area contributed by atoms with Gasteiger partial charge in [-0.1, -0.05) is 36.0 Å². The molecule has 1 aliphatic heterocycles. The van der Waals surface area contributed by atoms with Crippen LogP contribution in [0, 0.1) is 0 Å². The lowest BCUT2D eigenvalue weighted by molar-refractivity contribution is -0.138. The molecule has 0 atom stereocenters. The number of nitrogens with zero attached hydrogens (tertiary/aromatic N) is 1. The first-order valence-electron chi connectivity index (χ1n) is 6.98. The highest BCUT2D eigenvalue weighted by atomic mass is 32.2. The second kappa shape index (κ2) is 6.10. The van der Waals surface area contributed by atoms with Gasteiger partial charge in [0.1, 0.15) is 0 Å². The summed E-state index contributed by atoms with van der Waals surface area (Å²) in [5.74, 6) is -0.391. The van der Waals surface area contributed by atoms with Crippen molar-refractivity contribution in [3.8, 4) is 0 Å². The molecule has 1 aromatic carbocycles. The molecule has 5 heteroatoms. The Labute approximate surface area is 137 Å². The van der Waals surface area contributed by atoms with Crippen molar-refractivity contribution in [2.24, 2.45) is 0 Å². The Balaban J connectivity index is 2.07. The number of hydrogen-bond donors (Lipinski definition) is 0. The van der Waals surface area contributed by atoms with E-state index >= 15 is 0 Å². The number of carbonyl (C=O) groups excluding carboxylic acids is 2. The van der Waals surface area contributed by atoms with Crippen LogP contribution in [-0.2, 0) is 9.59 Å². The Morgan fingerprint density at radius 1 is 1.00 bits per heavy atom. The van der Waals surface area contributed by atoms with Crippen LogP contribution >= 0.6 is 23.1 Å². The van der Waals surface area contributed by atoms with E-state index < -0.39 is 0 Å². The number of hydrogen-bond acceptors (Lipinski definition) is 4. The predicted molar refractivity (Wildman–Crippen MR) is 90.5 cm³/mol. The van der Waals surface area contributed by atoms with Crippen molar-refractivity contribution in [3.05, 3.63) is 57.6 Å². The van der Waals surface area contributed by atoms with Crippen molar-refractivity contribution in [2.75, 3.05) is 0 Å². The quantitative estimate of drug-likeness (QED) is 0.795. The smallest absolute Gasteiger partial charge is 0.268 e. The third-order valence-electron chi connectivity index (χ3n) is 3.32. The molecule has 0 radical (unpaired) electrons. The highest BCUT2D eigenvalue weighted by Crippen LogP contribution is 2.41.